The van der Waals surface area contributed by atoms with Gasteiger partial charge in [0.25, 0.3) is 0 Å². The van der Waals surface area contributed by atoms with Crippen LogP contribution in [0.3, 0.4) is 0 Å². The summed E-state index contributed by atoms with van der Waals surface area (Å²) in [5.41, 5.74) is 1.76. The molecule has 0 spiro atoms. The zero-order valence-corrected chi connectivity index (χ0v) is 20.3. The van der Waals surface area contributed by atoms with Gasteiger partial charge in [-0.1, -0.05) is 58.4 Å². The van der Waals surface area contributed by atoms with E-state index in [1.165, 1.54) is 31.2 Å². The second kappa shape index (κ2) is 8.30. The van der Waals surface area contributed by atoms with E-state index < -0.39 is 0 Å². The van der Waals surface area contributed by atoms with E-state index in [-0.39, 0.29) is 11.3 Å². The Labute approximate surface area is 189 Å². The molecule has 3 saturated carbocycles. The second-order valence-electron chi connectivity index (χ2n) is 10.9. The summed E-state index contributed by atoms with van der Waals surface area (Å²) in [6, 6.07) is 8.81. The number of nitrogens with one attached hydrogen (secondary N) is 1. The lowest BCUT2D eigenvalue weighted by atomic mass is 9.46. The van der Waals surface area contributed by atoms with Crippen LogP contribution in [0.2, 0.25) is 0 Å². The van der Waals surface area contributed by atoms with Gasteiger partial charge in [-0.25, -0.2) is 0 Å². The lowest BCUT2D eigenvalue weighted by Gasteiger charge is -2.60. The maximum atomic E-state index is 12.0. The molecule has 1 heterocycles. The van der Waals surface area contributed by atoms with Crippen molar-refractivity contribution in [2.24, 2.45) is 34.5 Å². The molecule has 0 saturated heterocycles. The minimum Gasteiger partial charge on any atom is -0.490 e. The Hall–Kier alpha value is -1.77. The Morgan fingerprint density at radius 2 is 1.77 bits per heavy atom. The standard InChI is InChI=1S/C26H35NO2.C2H6/c1-16-5-7-18(8-6-16)29-19-14-21-24-17(2)13-22-26(4,12-10-23(28)27-22)20(24)9-11-25(21,3)15-19;1-2/h5-8,10,12,17,19-22,24H,9,11,13-15H2,1-4H3,(H,27,28);1-2H3/t17?,19-,20?,21?,22?,24?,25?,26+;/m0./s1. The number of ether oxygens (including phenoxy) is 1. The third-order valence-corrected chi connectivity index (χ3v) is 9.11. The number of amides is 1. The van der Waals surface area contributed by atoms with Crippen molar-refractivity contribution < 1.29 is 9.53 Å². The summed E-state index contributed by atoms with van der Waals surface area (Å²) in [5.74, 6) is 3.85. The van der Waals surface area contributed by atoms with Crippen molar-refractivity contribution in [2.45, 2.75) is 85.8 Å². The summed E-state index contributed by atoms with van der Waals surface area (Å²) >= 11 is 0. The van der Waals surface area contributed by atoms with Gasteiger partial charge in [-0.2, -0.15) is 0 Å². The molecule has 1 aliphatic heterocycles. The van der Waals surface area contributed by atoms with Gasteiger partial charge in [-0.3, -0.25) is 4.79 Å². The predicted molar refractivity (Wildman–Crippen MR) is 127 cm³/mol. The van der Waals surface area contributed by atoms with E-state index in [0.717, 1.165) is 24.0 Å². The quantitative estimate of drug-likeness (QED) is 0.605. The Bertz CT molecular complexity index is 830. The van der Waals surface area contributed by atoms with Gasteiger partial charge in [0, 0.05) is 11.5 Å². The molecule has 8 atom stereocenters. The molecule has 5 rings (SSSR count). The fraction of sp³-hybridized carbons (Fsp3) is 0.679. The van der Waals surface area contributed by atoms with E-state index in [1.54, 1.807) is 6.08 Å². The Kier molecular flexibility index (Phi) is 6.00. The number of hydrogen-bond acceptors (Lipinski definition) is 2. The first-order chi connectivity index (χ1) is 14.8. The summed E-state index contributed by atoms with van der Waals surface area (Å²) in [6.07, 6.45) is 10.4. The van der Waals surface area contributed by atoms with Crippen LogP contribution >= 0.6 is 0 Å². The topological polar surface area (TPSA) is 38.3 Å². The van der Waals surface area contributed by atoms with E-state index in [2.05, 4.69) is 63.4 Å². The van der Waals surface area contributed by atoms with Gasteiger partial charge in [0.1, 0.15) is 5.75 Å². The monoisotopic (exact) mass is 423 g/mol. The normalized spacial score (nSPS) is 43.0. The van der Waals surface area contributed by atoms with E-state index in [4.69, 9.17) is 4.74 Å². The van der Waals surface area contributed by atoms with Crippen molar-refractivity contribution in [3.05, 3.63) is 42.0 Å². The third kappa shape index (κ3) is 3.83. The minimum atomic E-state index is 0.0891. The highest BCUT2D eigenvalue weighted by atomic mass is 16.5. The molecule has 3 fully saturated rings. The fourth-order valence-corrected chi connectivity index (χ4v) is 7.58. The van der Waals surface area contributed by atoms with Crippen molar-refractivity contribution in [2.75, 3.05) is 0 Å². The first-order valence-corrected chi connectivity index (χ1v) is 12.5. The highest BCUT2D eigenvalue weighted by Gasteiger charge is 2.60. The lowest BCUT2D eigenvalue weighted by Crippen LogP contribution is -2.61. The molecule has 0 bridgehead atoms. The van der Waals surface area contributed by atoms with E-state index >= 15 is 0 Å². The Balaban J connectivity index is 0.00000112. The van der Waals surface area contributed by atoms with E-state index in [0.29, 0.717) is 29.4 Å². The van der Waals surface area contributed by atoms with Gasteiger partial charge >= 0.3 is 0 Å². The van der Waals surface area contributed by atoms with Crippen molar-refractivity contribution in [3.8, 4) is 5.75 Å². The van der Waals surface area contributed by atoms with Gasteiger partial charge in [0.2, 0.25) is 5.91 Å². The second-order valence-corrected chi connectivity index (χ2v) is 10.9. The Morgan fingerprint density at radius 3 is 2.48 bits per heavy atom. The fourth-order valence-electron chi connectivity index (χ4n) is 7.58. The zero-order chi connectivity index (χ0) is 22.4. The Morgan fingerprint density at radius 1 is 1.06 bits per heavy atom. The molecule has 1 aromatic rings. The first kappa shape index (κ1) is 22.4. The molecule has 3 nitrogen and oxygen atoms in total. The van der Waals surface area contributed by atoms with Gasteiger partial charge < -0.3 is 10.1 Å². The maximum Gasteiger partial charge on any atom is 0.243 e. The van der Waals surface area contributed by atoms with Crippen LogP contribution in [0, 0.1) is 41.4 Å². The molecule has 4 aliphatic rings. The smallest absolute Gasteiger partial charge is 0.243 e. The average Bonchev–Trinajstić information content (AvgIpc) is 3.08. The van der Waals surface area contributed by atoms with E-state index in [9.17, 15) is 4.79 Å². The molecule has 1 N–H and O–H groups in total. The molecule has 0 radical (unpaired) electrons. The van der Waals surface area contributed by atoms with Crippen LogP contribution in [0.4, 0.5) is 0 Å². The number of aryl methyl sites for hydroxylation is 1. The van der Waals surface area contributed by atoms with Crippen LogP contribution in [0.5, 0.6) is 5.75 Å². The first-order valence-electron chi connectivity index (χ1n) is 12.5. The van der Waals surface area contributed by atoms with Crippen molar-refractivity contribution >= 4 is 5.91 Å². The minimum absolute atomic E-state index is 0.0891. The molecule has 31 heavy (non-hydrogen) atoms. The SMILES string of the molecule is CC.Cc1ccc(O[C@H]2CC3C4C(C)CC5NC(=O)C=C[C@]5(C)C4CCC3(C)C2)cc1. The van der Waals surface area contributed by atoms with Gasteiger partial charge in [0.15, 0.2) is 0 Å². The summed E-state index contributed by atoms with van der Waals surface area (Å²) < 4.78 is 6.48. The van der Waals surface area contributed by atoms with Crippen LogP contribution in [0.1, 0.15) is 72.3 Å². The van der Waals surface area contributed by atoms with Crippen molar-refractivity contribution in [1.29, 1.82) is 0 Å². The molecule has 0 aromatic heterocycles. The van der Waals surface area contributed by atoms with Crippen LogP contribution in [0.25, 0.3) is 0 Å². The predicted octanol–water partition coefficient (Wildman–Crippen LogP) is 6.31. The molecule has 1 amide bonds. The highest BCUT2D eigenvalue weighted by molar-refractivity contribution is 5.89. The highest BCUT2D eigenvalue weighted by Crippen LogP contribution is 2.64. The number of rotatable bonds is 2. The van der Waals surface area contributed by atoms with Crippen molar-refractivity contribution in [1.82, 2.24) is 5.32 Å². The van der Waals surface area contributed by atoms with Crippen LogP contribution in [0.15, 0.2) is 36.4 Å². The molecular formula is C28H41NO2. The molecular weight excluding hydrogens is 382 g/mol. The number of fused-ring (bicyclic) bond motifs is 5. The van der Waals surface area contributed by atoms with Gasteiger partial charge in [0.05, 0.1) is 6.10 Å². The number of hydrogen-bond donors (Lipinski definition) is 1. The van der Waals surface area contributed by atoms with Crippen LogP contribution in [-0.4, -0.2) is 18.1 Å². The molecule has 3 aliphatic carbocycles. The zero-order valence-electron chi connectivity index (χ0n) is 20.3. The van der Waals surface area contributed by atoms with Crippen LogP contribution in [-0.2, 0) is 4.79 Å². The van der Waals surface area contributed by atoms with E-state index in [1.807, 2.05) is 13.8 Å². The summed E-state index contributed by atoms with van der Waals surface area (Å²) in [4.78, 5) is 12.0. The molecule has 3 heteroatoms. The average molecular weight is 424 g/mol. The summed E-state index contributed by atoms with van der Waals surface area (Å²) in [7, 11) is 0. The number of carbonyl (C=O) groups is 1. The van der Waals surface area contributed by atoms with Crippen LogP contribution < -0.4 is 10.1 Å². The molecule has 6 unspecified atom stereocenters. The van der Waals surface area contributed by atoms with Gasteiger partial charge in [-0.15, -0.1) is 0 Å². The third-order valence-electron chi connectivity index (χ3n) is 9.11. The molecule has 170 valence electrons. The lowest BCUT2D eigenvalue weighted by molar-refractivity contribution is -0.124. The number of carbonyl (C=O) groups excluding carboxylic acids is 1. The summed E-state index contributed by atoms with van der Waals surface area (Å²) in [5, 5.41) is 3.29. The number of benzene rings is 1. The molecule has 1 aromatic carbocycles. The largest absolute Gasteiger partial charge is 0.490 e. The summed E-state index contributed by atoms with van der Waals surface area (Å²) in [6.45, 7) is 13.5. The van der Waals surface area contributed by atoms with Crippen molar-refractivity contribution in [3.63, 3.8) is 0 Å². The van der Waals surface area contributed by atoms with Gasteiger partial charge in [-0.05, 0) is 86.3 Å². The maximum absolute atomic E-state index is 12.0.